The van der Waals surface area contributed by atoms with E-state index in [2.05, 4.69) is 5.32 Å². The van der Waals surface area contributed by atoms with E-state index < -0.39 is 0 Å². The molecule has 32 heavy (non-hydrogen) atoms. The highest BCUT2D eigenvalue weighted by atomic mass is 35.5. The number of ketones is 1. The third kappa shape index (κ3) is 6.76. The average Bonchev–Trinajstić information content (AvgIpc) is 3.02. The smallest absolute Gasteiger partial charge is 0.266 e. The Morgan fingerprint density at radius 1 is 1.06 bits per heavy atom. The van der Waals surface area contributed by atoms with Crippen LogP contribution in [0.3, 0.4) is 0 Å². The predicted molar refractivity (Wildman–Crippen MR) is 135 cm³/mol. The fraction of sp³-hybridized carbons (Fsp3) is 0.250. The van der Waals surface area contributed by atoms with Crippen molar-refractivity contribution in [3.63, 3.8) is 0 Å². The zero-order chi connectivity index (χ0) is 23.1. The highest BCUT2D eigenvalue weighted by Crippen LogP contribution is 2.33. The van der Waals surface area contributed by atoms with Gasteiger partial charge in [-0.15, -0.1) is 0 Å². The summed E-state index contributed by atoms with van der Waals surface area (Å²) in [6.07, 6.45) is 4.50. The Morgan fingerprint density at radius 3 is 2.41 bits per heavy atom. The van der Waals surface area contributed by atoms with Gasteiger partial charge in [-0.25, -0.2) is 0 Å². The molecule has 1 fully saturated rings. The van der Waals surface area contributed by atoms with Gasteiger partial charge in [0.2, 0.25) is 5.91 Å². The van der Waals surface area contributed by atoms with Gasteiger partial charge in [0, 0.05) is 29.2 Å². The Balaban J connectivity index is 1.40. The van der Waals surface area contributed by atoms with E-state index in [4.69, 9.17) is 23.8 Å². The number of benzene rings is 2. The summed E-state index contributed by atoms with van der Waals surface area (Å²) in [5, 5.41) is 3.48. The molecule has 1 aliphatic heterocycles. The molecule has 0 aromatic heterocycles. The normalized spacial score (nSPS) is 14.8. The van der Waals surface area contributed by atoms with Crippen LogP contribution in [0.15, 0.2) is 53.4 Å². The molecule has 1 heterocycles. The van der Waals surface area contributed by atoms with Gasteiger partial charge in [-0.3, -0.25) is 19.3 Å². The van der Waals surface area contributed by atoms with E-state index in [1.807, 2.05) is 18.2 Å². The second-order valence-corrected chi connectivity index (χ2v) is 9.49. The molecule has 0 saturated carbocycles. The van der Waals surface area contributed by atoms with E-state index in [-0.39, 0.29) is 17.6 Å². The lowest BCUT2D eigenvalue weighted by atomic mass is 10.1. The Bertz CT molecular complexity index is 1050. The van der Waals surface area contributed by atoms with Gasteiger partial charge in [-0.1, -0.05) is 54.1 Å². The van der Waals surface area contributed by atoms with Crippen LogP contribution in [0.5, 0.6) is 0 Å². The highest BCUT2D eigenvalue weighted by Gasteiger charge is 2.31. The number of hydrogen-bond acceptors (Lipinski definition) is 5. The largest absolute Gasteiger partial charge is 0.326 e. The second-order valence-electron chi connectivity index (χ2n) is 7.38. The number of halogens is 1. The number of hydrogen-bond donors (Lipinski definition) is 1. The van der Waals surface area contributed by atoms with Crippen molar-refractivity contribution >= 4 is 69.3 Å². The molecular weight excluding hydrogens is 464 g/mol. The van der Waals surface area contributed by atoms with Crippen LogP contribution in [-0.2, 0) is 9.59 Å². The third-order valence-electron chi connectivity index (χ3n) is 4.90. The van der Waals surface area contributed by atoms with Gasteiger partial charge in [0.1, 0.15) is 4.32 Å². The molecule has 166 valence electrons. The summed E-state index contributed by atoms with van der Waals surface area (Å²) in [6.45, 7) is 2.04. The number of carbonyl (C=O) groups is 3. The van der Waals surface area contributed by atoms with Crippen molar-refractivity contribution in [2.45, 2.75) is 32.6 Å². The van der Waals surface area contributed by atoms with Gasteiger partial charge in [-0.05, 0) is 67.8 Å². The van der Waals surface area contributed by atoms with Crippen molar-refractivity contribution in [3.8, 4) is 0 Å². The summed E-state index contributed by atoms with van der Waals surface area (Å²) in [5.74, 6) is -0.163. The molecule has 1 aliphatic rings. The van der Waals surface area contributed by atoms with Crippen molar-refractivity contribution in [3.05, 3.63) is 69.6 Å². The number of amides is 2. The van der Waals surface area contributed by atoms with Crippen molar-refractivity contribution in [2.75, 3.05) is 11.9 Å². The van der Waals surface area contributed by atoms with Crippen LogP contribution < -0.4 is 5.32 Å². The van der Waals surface area contributed by atoms with Gasteiger partial charge < -0.3 is 5.32 Å². The van der Waals surface area contributed by atoms with Gasteiger partial charge in [-0.2, -0.15) is 0 Å². The fourth-order valence-electron chi connectivity index (χ4n) is 3.15. The summed E-state index contributed by atoms with van der Waals surface area (Å²) in [5.41, 5.74) is 2.18. The minimum atomic E-state index is -0.0818. The van der Waals surface area contributed by atoms with Gasteiger partial charge in [0.25, 0.3) is 5.91 Å². The molecule has 1 N–H and O–H groups in total. The number of anilines is 1. The van der Waals surface area contributed by atoms with Crippen molar-refractivity contribution < 1.29 is 14.4 Å². The van der Waals surface area contributed by atoms with Gasteiger partial charge in [0.15, 0.2) is 5.78 Å². The zero-order valence-corrected chi connectivity index (χ0v) is 20.0. The van der Waals surface area contributed by atoms with Crippen LogP contribution >= 0.6 is 35.6 Å². The first-order valence-corrected chi connectivity index (χ1v) is 11.9. The Hall–Kier alpha value is -2.48. The standard InChI is InChI=1S/C24H23ClN2O3S2/c1-16(28)18-8-12-20(13-9-18)26-22(29)5-3-2-4-14-27-23(30)21(32-24(27)31)15-17-6-10-19(25)11-7-17/h6-13,15H,2-5,14H2,1H3,(H,26,29). The van der Waals surface area contributed by atoms with E-state index in [0.717, 1.165) is 18.4 Å². The van der Waals surface area contributed by atoms with Crippen LogP contribution in [0.25, 0.3) is 6.08 Å². The number of nitrogens with zero attached hydrogens (tertiary/aromatic N) is 1. The monoisotopic (exact) mass is 486 g/mol. The first kappa shape index (κ1) is 24.2. The number of carbonyl (C=O) groups excluding carboxylic acids is 3. The van der Waals surface area contributed by atoms with Crippen LogP contribution in [-0.4, -0.2) is 33.4 Å². The first-order valence-electron chi connectivity index (χ1n) is 10.3. The molecule has 2 aromatic carbocycles. The van der Waals surface area contributed by atoms with Crippen LogP contribution in [0, 0.1) is 0 Å². The molecule has 0 unspecified atom stereocenters. The maximum absolute atomic E-state index is 12.7. The van der Waals surface area contributed by atoms with Crippen LogP contribution in [0.1, 0.15) is 48.5 Å². The summed E-state index contributed by atoms with van der Waals surface area (Å²) >= 11 is 12.6. The molecule has 1 saturated heterocycles. The number of rotatable bonds is 9. The summed E-state index contributed by atoms with van der Waals surface area (Å²) < 4.78 is 0.557. The quantitative estimate of drug-likeness (QED) is 0.205. The Kier molecular flexibility index (Phi) is 8.61. The Labute approximate surface area is 202 Å². The zero-order valence-electron chi connectivity index (χ0n) is 17.6. The lowest BCUT2D eigenvalue weighted by molar-refractivity contribution is -0.122. The lowest BCUT2D eigenvalue weighted by Crippen LogP contribution is -2.29. The second kappa shape index (κ2) is 11.4. The molecule has 0 aliphatic carbocycles. The molecule has 2 amide bonds. The molecule has 8 heteroatoms. The maximum atomic E-state index is 12.7. The lowest BCUT2D eigenvalue weighted by Gasteiger charge is -2.14. The molecular formula is C24H23ClN2O3S2. The highest BCUT2D eigenvalue weighted by molar-refractivity contribution is 8.26. The number of thiocarbonyl (C=S) groups is 1. The SMILES string of the molecule is CC(=O)c1ccc(NC(=O)CCCCCN2C(=O)C(=Cc3ccc(Cl)cc3)SC2=S)cc1. The summed E-state index contributed by atoms with van der Waals surface area (Å²) in [7, 11) is 0. The van der Waals surface area contributed by atoms with E-state index in [1.165, 1.54) is 18.7 Å². The van der Waals surface area contributed by atoms with Crippen LogP contribution in [0.2, 0.25) is 5.02 Å². The Morgan fingerprint density at radius 2 is 1.75 bits per heavy atom. The third-order valence-corrected chi connectivity index (χ3v) is 6.53. The fourth-order valence-corrected chi connectivity index (χ4v) is 4.58. The average molecular weight is 487 g/mol. The van der Waals surface area contributed by atoms with Gasteiger partial charge >= 0.3 is 0 Å². The van der Waals surface area contributed by atoms with E-state index in [1.54, 1.807) is 41.3 Å². The maximum Gasteiger partial charge on any atom is 0.266 e. The summed E-state index contributed by atoms with van der Waals surface area (Å²) in [4.78, 5) is 38.3. The van der Waals surface area contributed by atoms with Crippen LogP contribution in [0.4, 0.5) is 5.69 Å². The minimum Gasteiger partial charge on any atom is -0.326 e. The number of unbranched alkanes of at least 4 members (excludes halogenated alkanes) is 2. The molecule has 0 radical (unpaired) electrons. The van der Waals surface area contributed by atoms with E-state index >= 15 is 0 Å². The minimum absolute atomic E-state index is 0.00941. The van der Waals surface area contributed by atoms with E-state index in [0.29, 0.717) is 44.9 Å². The molecule has 0 bridgehead atoms. The summed E-state index contributed by atoms with van der Waals surface area (Å²) in [6, 6.07) is 14.1. The molecule has 0 spiro atoms. The number of Topliss-reactive ketones (excluding diaryl/α,β-unsaturated/α-hetero) is 1. The van der Waals surface area contributed by atoms with Crippen molar-refractivity contribution in [2.24, 2.45) is 0 Å². The first-order chi connectivity index (χ1) is 15.3. The molecule has 5 nitrogen and oxygen atoms in total. The molecule has 3 rings (SSSR count). The topological polar surface area (TPSA) is 66.5 Å². The predicted octanol–water partition coefficient (Wildman–Crippen LogP) is 5.94. The van der Waals surface area contributed by atoms with Crippen molar-refractivity contribution in [1.82, 2.24) is 4.90 Å². The molecule has 0 atom stereocenters. The number of thioether (sulfide) groups is 1. The molecule has 2 aromatic rings. The number of nitrogens with one attached hydrogen (secondary N) is 1. The van der Waals surface area contributed by atoms with Crippen molar-refractivity contribution in [1.29, 1.82) is 0 Å². The van der Waals surface area contributed by atoms with Gasteiger partial charge in [0.05, 0.1) is 4.91 Å². The van der Waals surface area contributed by atoms with E-state index in [9.17, 15) is 14.4 Å².